The number of aromatic nitrogens is 1. The number of esters is 1. The highest BCUT2D eigenvalue weighted by atomic mass is 32.1. The van der Waals surface area contributed by atoms with Gasteiger partial charge in [0.05, 0.1) is 32.1 Å². The Labute approximate surface area is 209 Å². The van der Waals surface area contributed by atoms with Crippen molar-refractivity contribution in [2.45, 2.75) is 45.1 Å². The van der Waals surface area contributed by atoms with E-state index < -0.39 is 5.97 Å². The number of nitrogens with zero attached hydrogens (tertiary/aromatic N) is 1. The molecule has 35 heavy (non-hydrogen) atoms. The molecule has 1 aliphatic rings. The van der Waals surface area contributed by atoms with Gasteiger partial charge in [0.25, 0.3) is 0 Å². The molecule has 1 unspecified atom stereocenters. The van der Waals surface area contributed by atoms with Gasteiger partial charge >= 0.3 is 5.97 Å². The molecule has 186 valence electrons. The van der Waals surface area contributed by atoms with Crippen molar-refractivity contribution in [3.63, 3.8) is 0 Å². The summed E-state index contributed by atoms with van der Waals surface area (Å²) in [5.74, 6) is 0.721. The van der Waals surface area contributed by atoms with E-state index in [0.717, 1.165) is 53.9 Å². The van der Waals surface area contributed by atoms with Gasteiger partial charge in [0.15, 0.2) is 16.9 Å². The van der Waals surface area contributed by atoms with Crippen molar-refractivity contribution in [1.82, 2.24) is 4.57 Å². The van der Waals surface area contributed by atoms with Crippen LogP contribution in [0.25, 0.3) is 11.3 Å². The second kappa shape index (κ2) is 11.6. The summed E-state index contributed by atoms with van der Waals surface area (Å²) in [6.45, 7) is 3.26. The number of fused-ring (bicyclic) bond motifs is 3. The van der Waals surface area contributed by atoms with Gasteiger partial charge in [-0.15, -0.1) is 11.3 Å². The summed E-state index contributed by atoms with van der Waals surface area (Å²) in [6, 6.07) is 9.53. The number of hydrogen-bond acceptors (Lipinski definition) is 7. The third-order valence-corrected chi connectivity index (χ3v) is 7.19. The van der Waals surface area contributed by atoms with Crippen LogP contribution in [0.2, 0.25) is 0 Å². The van der Waals surface area contributed by atoms with E-state index in [-0.39, 0.29) is 23.6 Å². The molecule has 1 aromatic carbocycles. The Morgan fingerprint density at radius 3 is 2.71 bits per heavy atom. The van der Waals surface area contributed by atoms with E-state index >= 15 is 0 Å². The standard InChI is InChI=1S/C27H32N2O5S/c1-3-33-27(31)20-17-29-21(16-23(20)30)19-15-24(32-2)25(34-11-7-5-4-6-10-28)14-18(19)13-22(29)26-9-8-12-35-26/h8-9,12,14-17,22H,3-7,10-11,13,28H2,1-2H3. The second-order valence-corrected chi connectivity index (χ2v) is 9.49. The van der Waals surface area contributed by atoms with Gasteiger partial charge in [0, 0.05) is 22.7 Å². The van der Waals surface area contributed by atoms with Crippen molar-refractivity contribution in [2.24, 2.45) is 5.73 Å². The number of carbonyl (C=O) groups excluding carboxylic acids is 1. The minimum Gasteiger partial charge on any atom is -0.493 e. The molecule has 2 aromatic heterocycles. The fourth-order valence-electron chi connectivity index (χ4n) is 4.47. The van der Waals surface area contributed by atoms with Gasteiger partial charge < -0.3 is 24.5 Å². The molecule has 0 aliphatic carbocycles. The summed E-state index contributed by atoms with van der Waals surface area (Å²) in [4.78, 5) is 26.5. The van der Waals surface area contributed by atoms with E-state index in [9.17, 15) is 9.59 Å². The summed E-state index contributed by atoms with van der Waals surface area (Å²) in [5.41, 5.74) is 7.98. The van der Waals surface area contributed by atoms with Gasteiger partial charge in [-0.05, 0) is 61.9 Å². The molecular formula is C27H32N2O5S. The van der Waals surface area contributed by atoms with Gasteiger partial charge in [0.2, 0.25) is 0 Å². The number of rotatable bonds is 11. The van der Waals surface area contributed by atoms with Crippen LogP contribution in [0.5, 0.6) is 11.5 Å². The molecule has 3 aromatic rings. The van der Waals surface area contributed by atoms with E-state index in [1.807, 2.05) is 28.1 Å². The first-order chi connectivity index (χ1) is 17.1. The predicted octanol–water partition coefficient (Wildman–Crippen LogP) is 4.81. The normalized spacial score (nSPS) is 14.2. The monoisotopic (exact) mass is 496 g/mol. The first-order valence-electron chi connectivity index (χ1n) is 12.1. The fraction of sp³-hybridized carbons (Fsp3) is 0.407. The smallest absolute Gasteiger partial charge is 0.343 e. The van der Waals surface area contributed by atoms with Gasteiger partial charge in [-0.3, -0.25) is 4.79 Å². The molecule has 0 saturated carbocycles. The van der Waals surface area contributed by atoms with Crippen LogP contribution < -0.4 is 20.6 Å². The van der Waals surface area contributed by atoms with Crippen molar-refractivity contribution in [2.75, 3.05) is 26.9 Å². The Morgan fingerprint density at radius 1 is 1.17 bits per heavy atom. The molecule has 0 fully saturated rings. The molecule has 2 N–H and O–H groups in total. The number of hydrogen-bond donors (Lipinski definition) is 1. The number of thiophene rings is 1. The molecule has 4 rings (SSSR count). The number of benzene rings is 1. The zero-order valence-corrected chi connectivity index (χ0v) is 21.1. The lowest BCUT2D eigenvalue weighted by atomic mass is 9.91. The van der Waals surface area contributed by atoms with Crippen molar-refractivity contribution >= 4 is 17.3 Å². The van der Waals surface area contributed by atoms with E-state index in [0.29, 0.717) is 24.5 Å². The Kier molecular flexibility index (Phi) is 8.25. The molecule has 7 nitrogen and oxygen atoms in total. The lowest BCUT2D eigenvalue weighted by Gasteiger charge is -2.31. The molecule has 3 heterocycles. The summed E-state index contributed by atoms with van der Waals surface area (Å²) in [5, 5.41) is 2.03. The molecule has 1 aliphatic heterocycles. The van der Waals surface area contributed by atoms with Gasteiger partial charge in [0.1, 0.15) is 5.56 Å². The fourth-order valence-corrected chi connectivity index (χ4v) is 5.30. The molecule has 0 spiro atoms. The first-order valence-corrected chi connectivity index (χ1v) is 13.0. The predicted molar refractivity (Wildman–Crippen MR) is 138 cm³/mol. The maximum Gasteiger partial charge on any atom is 0.343 e. The highest BCUT2D eigenvalue weighted by molar-refractivity contribution is 7.10. The van der Waals surface area contributed by atoms with E-state index in [1.54, 1.807) is 31.6 Å². The van der Waals surface area contributed by atoms with Gasteiger partial charge in [-0.25, -0.2) is 4.79 Å². The third-order valence-electron chi connectivity index (χ3n) is 6.22. The first kappa shape index (κ1) is 25.0. The SMILES string of the molecule is CCOC(=O)c1cn2c(cc1=O)-c1cc(OC)c(OCCCCCCN)cc1CC2c1cccs1. The summed E-state index contributed by atoms with van der Waals surface area (Å²) < 4.78 is 18.9. The number of ether oxygens (including phenoxy) is 3. The number of methoxy groups -OCH3 is 1. The lowest BCUT2D eigenvalue weighted by molar-refractivity contribution is 0.0523. The Balaban J connectivity index is 1.72. The van der Waals surface area contributed by atoms with Gasteiger partial charge in [-0.2, -0.15) is 0 Å². The maximum atomic E-state index is 12.9. The van der Waals surface area contributed by atoms with E-state index in [1.165, 1.54) is 6.07 Å². The maximum absolute atomic E-state index is 12.9. The summed E-state index contributed by atoms with van der Waals surface area (Å²) in [7, 11) is 1.62. The van der Waals surface area contributed by atoms with Crippen molar-refractivity contribution in [3.05, 3.63) is 68.1 Å². The van der Waals surface area contributed by atoms with Crippen LogP contribution in [-0.2, 0) is 11.2 Å². The molecule has 1 atom stereocenters. The van der Waals surface area contributed by atoms with Crippen LogP contribution in [0.15, 0.2) is 46.7 Å². The zero-order valence-electron chi connectivity index (χ0n) is 20.2. The summed E-state index contributed by atoms with van der Waals surface area (Å²) >= 11 is 1.65. The van der Waals surface area contributed by atoms with Crippen LogP contribution in [0.3, 0.4) is 0 Å². The van der Waals surface area contributed by atoms with Crippen LogP contribution in [0.1, 0.15) is 59.4 Å². The van der Waals surface area contributed by atoms with Crippen molar-refractivity contribution in [3.8, 4) is 22.8 Å². The number of unbranched alkanes of at least 4 members (excludes halogenated alkanes) is 3. The second-order valence-electron chi connectivity index (χ2n) is 8.51. The van der Waals surface area contributed by atoms with Crippen LogP contribution in [0.4, 0.5) is 0 Å². The highest BCUT2D eigenvalue weighted by Crippen LogP contribution is 2.43. The zero-order chi connectivity index (χ0) is 24.8. The Morgan fingerprint density at radius 2 is 2.00 bits per heavy atom. The third kappa shape index (κ3) is 5.44. The van der Waals surface area contributed by atoms with E-state index in [4.69, 9.17) is 19.9 Å². The number of nitrogens with two attached hydrogens (primary N) is 1. The molecule has 0 radical (unpaired) electrons. The number of pyridine rings is 1. The average molecular weight is 497 g/mol. The topological polar surface area (TPSA) is 92.8 Å². The largest absolute Gasteiger partial charge is 0.493 e. The minimum absolute atomic E-state index is 0.0437. The highest BCUT2D eigenvalue weighted by Gasteiger charge is 2.29. The molecule has 8 heteroatoms. The minimum atomic E-state index is -0.601. The van der Waals surface area contributed by atoms with Gasteiger partial charge in [-0.1, -0.05) is 18.9 Å². The molecule has 0 saturated heterocycles. The van der Waals surface area contributed by atoms with E-state index in [2.05, 4.69) is 6.07 Å². The van der Waals surface area contributed by atoms with Crippen molar-refractivity contribution in [1.29, 1.82) is 0 Å². The average Bonchev–Trinajstić information content (AvgIpc) is 3.40. The van der Waals surface area contributed by atoms with Crippen LogP contribution in [-0.4, -0.2) is 37.4 Å². The Bertz CT molecular complexity index is 1220. The molecule has 0 amide bonds. The summed E-state index contributed by atoms with van der Waals surface area (Å²) in [6.07, 6.45) is 6.49. The molecule has 0 bridgehead atoms. The van der Waals surface area contributed by atoms with Crippen LogP contribution in [0, 0.1) is 0 Å². The number of carbonyl (C=O) groups is 1. The Hall–Kier alpha value is -3.10. The van der Waals surface area contributed by atoms with Crippen LogP contribution >= 0.6 is 11.3 Å². The lowest BCUT2D eigenvalue weighted by Crippen LogP contribution is -2.26. The quantitative estimate of drug-likeness (QED) is 0.303. The molecular weight excluding hydrogens is 464 g/mol. The van der Waals surface area contributed by atoms with Crippen molar-refractivity contribution < 1.29 is 19.0 Å².